The molecule has 2 aliphatic rings. The van der Waals surface area contributed by atoms with E-state index in [2.05, 4.69) is 50.3 Å². The third-order valence-corrected chi connectivity index (χ3v) is 5.35. The lowest BCUT2D eigenvalue weighted by atomic mass is 9.74. The zero-order valence-corrected chi connectivity index (χ0v) is 15.9. The summed E-state index contributed by atoms with van der Waals surface area (Å²) in [5.74, 6) is 1.49. The van der Waals surface area contributed by atoms with Crippen LogP contribution < -0.4 is 10.6 Å². The van der Waals surface area contributed by atoms with E-state index in [-0.39, 0.29) is 17.0 Å². The maximum absolute atomic E-state index is 12.3. The molecule has 0 aromatic carbocycles. The van der Waals surface area contributed by atoms with E-state index in [0.717, 1.165) is 31.7 Å². The van der Waals surface area contributed by atoms with Gasteiger partial charge in [0.1, 0.15) is 0 Å². The minimum absolute atomic E-state index is 0.124. The molecule has 0 spiro atoms. The molecule has 2 rings (SSSR count). The lowest BCUT2D eigenvalue weighted by Gasteiger charge is -2.46. The fourth-order valence-electron chi connectivity index (χ4n) is 4.94. The fourth-order valence-corrected chi connectivity index (χ4v) is 4.94. The van der Waals surface area contributed by atoms with Crippen molar-refractivity contribution < 1.29 is 4.79 Å². The van der Waals surface area contributed by atoms with Crippen LogP contribution in [0.25, 0.3) is 0 Å². The first-order valence-electron chi connectivity index (χ1n) is 9.40. The Morgan fingerprint density at radius 3 is 2.43 bits per heavy atom. The molecule has 4 heteroatoms. The number of likely N-dealkylation sites (tertiary alicyclic amines) is 1. The van der Waals surface area contributed by atoms with Crippen LogP contribution in [0.3, 0.4) is 0 Å². The summed E-state index contributed by atoms with van der Waals surface area (Å²) in [6.45, 7) is 12.2. The zero-order chi connectivity index (χ0) is 17.1. The Morgan fingerprint density at radius 2 is 1.83 bits per heavy atom. The van der Waals surface area contributed by atoms with Crippen molar-refractivity contribution in [2.45, 2.75) is 77.3 Å². The molecule has 2 saturated heterocycles. The Hall–Kier alpha value is -0.610. The summed E-state index contributed by atoms with van der Waals surface area (Å²) in [7, 11) is 2.20. The number of piperidine rings is 2. The second-order valence-corrected chi connectivity index (χ2v) is 9.28. The van der Waals surface area contributed by atoms with Crippen molar-refractivity contribution in [3.8, 4) is 0 Å². The molecule has 2 aliphatic heterocycles. The van der Waals surface area contributed by atoms with Gasteiger partial charge in [0.05, 0.1) is 0 Å². The average molecular weight is 324 g/mol. The van der Waals surface area contributed by atoms with Crippen LogP contribution in [-0.4, -0.2) is 48.6 Å². The third kappa shape index (κ3) is 6.42. The number of nitrogens with one attached hydrogen (secondary N) is 2. The SMILES string of the molecule is CN1CCCC(CCNC(=O)CC2CC(C)(C)NC(C)(C)C2)C1. The second-order valence-electron chi connectivity index (χ2n) is 9.28. The first-order valence-corrected chi connectivity index (χ1v) is 9.40. The number of nitrogens with zero attached hydrogens (tertiary/aromatic N) is 1. The Labute approximate surface area is 142 Å². The summed E-state index contributed by atoms with van der Waals surface area (Å²) >= 11 is 0. The first-order chi connectivity index (χ1) is 10.7. The minimum atomic E-state index is 0.124. The van der Waals surface area contributed by atoms with E-state index >= 15 is 0 Å². The highest BCUT2D eigenvalue weighted by atomic mass is 16.1. The first kappa shape index (κ1) is 18.7. The van der Waals surface area contributed by atoms with Crippen molar-refractivity contribution in [1.29, 1.82) is 0 Å². The lowest BCUT2D eigenvalue weighted by Crippen LogP contribution is -2.58. The van der Waals surface area contributed by atoms with Gasteiger partial charge in [-0.3, -0.25) is 4.79 Å². The molecule has 0 radical (unpaired) electrons. The normalized spacial score (nSPS) is 28.5. The molecule has 0 aromatic heterocycles. The average Bonchev–Trinajstić information content (AvgIpc) is 2.34. The molecule has 23 heavy (non-hydrogen) atoms. The molecule has 2 fully saturated rings. The number of carbonyl (C=O) groups is 1. The Morgan fingerprint density at radius 1 is 1.17 bits per heavy atom. The molecular weight excluding hydrogens is 286 g/mol. The summed E-state index contributed by atoms with van der Waals surface area (Å²) in [4.78, 5) is 14.7. The van der Waals surface area contributed by atoms with E-state index in [4.69, 9.17) is 0 Å². The molecule has 0 saturated carbocycles. The zero-order valence-electron chi connectivity index (χ0n) is 15.9. The molecule has 2 heterocycles. The van der Waals surface area contributed by atoms with Gasteiger partial charge < -0.3 is 15.5 Å². The van der Waals surface area contributed by atoms with Gasteiger partial charge in [-0.2, -0.15) is 0 Å². The Kier molecular flexibility index (Phi) is 6.12. The van der Waals surface area contributed by atoms with Crippen molar-refractivity contribution in [1.82, 2.24) is 15.5 Å². The highest BCUT2D eigenvalue weighted by Gasteiger charge is 2.38. The molecule has 1 atom stereocenters. The second kappa shape index (κ2) is 7.52. The molecule has 1 amide bonds. The maximum atomic E-state index is 12.3. The van der Waals surface area contributed by atoms with Crippen LogP contribution in [0.2, 0.25) is 0 Å². The quantitative estimate of drug-likeness (QED) is 0.818. The molecule has 0 aromatic rings. The van der Waals surface area contributed by atoms with Gasteiger partial charge in [0.2, 0.25) is 5.91 Å². The van der Waals surface area contributed by atoms with Crippen LogP contribution in [0.1, 0.15) is 66.2 Å². The van der Waals surface area contributed by atoms with Crippen LogP contribution in [0.15, 0.2) is 0 Å². The lowest BCUT2D eigenvalue weighted by molar-refractivity contribution is -0.122. The number of carbonyl (C=O) groups excluding carboxylic acids is 1. The van der Waals surface area contributed by atoms with Gasteiger partial charge in [-0.25, -0.2) is 0 Å². The molecular formula is C19H37N3O. The summed E-state index contributed by atoms with van der Waals surface area (Å²) < 4.78 is 0. The van der Waals surface area contributed by atoms with Crippen molar-refractivity contribution in [2.24, 2.45) is 11.8 Å². The highest BCUT2D eigenvalue weighted by Crippen LogP contribution is 2.34. The predicted molar refractivity (Wildman–Crippen MR) is 96.5 cm³/mol. The number of rotatable bonds is 5. The number of hydrogen-bond donors (Lipinski definition) is 2. The predicted octanol–water partition coefficient (Wildman–Crippen LogP) is 2.78. The van der Waals surface area contributed by atoms with Gasteiger partial charge in [-0.15, -0.1) is 0 Å². The molecule has 0 aliphatic carbocycles. The van der Waals surface area contributed by atoms with Gasteiger partial charge in [0, 0.05) is 30.6 Å². The van der Waals surface area contributed by atoms with E-state index in [1.807, 2.05) is 0 Å². The summed E-state index contributed by atoms with van der Waals surface area (Å²) in [6, 6.07) is 0. The summed E-state index contributed by atoms with van der Waals surface area (Å²) in [6.07, 6.45) is 6.58. The highest BCUT2D eigenvalue weighted by molar-refractivity contribution is 5.76. The molecule has 1 unspecified atom stereocenters. The van der Waals surface area contributed by atoms with E-state index in [9.17, 15) is 4.79 Å². The largest absolute Gasteiger partial charge is 0.356 e. The number of amides is 1. The van der Waals surface area contributed by atoms with Crippen LogP contribution in [0.5, 0.6) is 0 Å². The monoisotopic (exact) mass is 323 g/mol. The van der Waals surface area contributed by atoms with Crippen molar-refractivity contribution in [3.05, 3.63) is 0 Å². The van der Waals surface area contributed by atoms with Crippen LogP contribution in [-0.2, 0) is 4.79 Å². The van der Waals surface area contributed by atoms with Crippen molar-refractivity contribution in [3.63, 3.8) is 0 Å². The third-order valence-electron chi connectivity index (χ3n) is 5.35. The minimum Gasteiger partial charge on any atom is -0.356 e. The standard InChI is InChI=1S/C19H37N3O/c1-18(2)12-16(13-19(3,4)21-18)11-17(23)20-9-8-15-7-6-10-22(5)14-15/h15-16,21H,6-14H2,1-5H3,(H,20,23). The number of hydrogen-bond acceptors (Lipinski definition) is 3. The maximum Gasteiger partial charge on any atom is 0.220 e. The van der Waals surface area contributed by atoms with Crippen molar-refractivity contribution in [2.75, 3.05) is 26.7 Å². The molecule has 4 nitrogen and oxygen atoms in total. The van der Waals surface area contributed by atoms with Crippen molar-refractivity contribution >= 4 is 5.91 Å². The Balaban J connectivity index is 1.70. The van der Waals surface area contributed by atoms with Gasteiger partial charge >= 0.3 is 0 Å². The van der Waals surface area contributed by atoms with Crippen LogP contribution in [0, 0.1) is 11.8 Å². The van der Waals surface area contributed by atoms with E-state index in [1.54, 1.807) is 0 Å². The van der Waals surface area contributed by atoms with E-state index in [0.29, 0.717) is 12.3 Å². The van der Waals surface area contributed by atoms with Crippen LogP contribution in [0.4, 0.5) is 0 Å². The van der Waals surface area contributed by atoms with Gasteiger partial charge in [0.25, 0.3) is 0 Å². The topological polar surface area (TPSA) is 44.4 Å². The Bertz CT molecular complexity index is 389. The summed E-state index contributed by atoms with van der Waals surface area (Å²) in [5.41, 5.74) is 0.249. The smallest absolute Gasteiger partial charge is 0.220 e. The molecule has 2 N–H and O–H groups in total. The van der Waals surface area contributed by atoms with Gasteiger partial charge in [-0.1, -0.05) is 0 Å². The summed E-state index contributed by atoms with van der Waals surface area (Å²) in [5, 5.41) is 6.86. The van der Waals surface area contributed by atoms with E-state index in [1.165, 1.54) is 25.9 Å². The molecule has 134 valence electrons. The van der Waals surface area contributed by atoms with Gasteiger partial charge in [-0.05, 0) is 85.2 Å². The van der Waals surface area contributed by atoms with Gasteiger partial charge in [0.15, 0.2) is 0 Å². The van der Waals surface area contributed by atoms with E-state index < -0.39 is 0 Å². The molecule has 0 bridgehead atoms. The van der Waals surface area contributed by atoms with Crippen LogP contribution >= 0.6 is 0 Å². The fraction of sp³-hybridized carbons (Fsp3) is 0.947.